The molecule has 0 aromatic heterocycles. The third kappa shape index (κ3) is 6.02. The van der Waals surface area contributed by atoms with Crippen molar-refractivity contribution < 1.29 is 9.59 Å². The Labute approximate surface area is 139 Å². The molecule has 1 aromatic rings. The lowest BCUT2D eigenvalue weighted by Gasteiger charge is -2.21. The van der Waals surface area contributed by atoms with E-state index in [2.05, 4.69) is 19.2 Å². The van der Waals surface area contributed by atoms with Crippen LogP contribution in [0.4, 0.5) is 5.69 Å². The van der Waals surface area contributed by atoms with Gasteiger partial charge in [-0.2, -0.15) is 0 Å². The van der Waals surface area contributed by atoms with Crippen LogP contribution in [0.25, 0.3) is 0 Å². The van der Waals surface area contributed by atoms with Crippen molar-refractivity contribution in [3.8, 4) is 0 Å². The Morgan fingerprint density at radius 2 is 1.70 bits per heavy atom. The molecule has 0 saturated carbocycles. The van der Waals surface area contributed by atoms with Crippen molar-refractivity contribution in [1.29, 1.82) is 0 Å². The van der Waals surface area contributed by atoms with Crippen molar-refractivity contribution in [1.82, 2.24) is 4.90 Å². The third-order valence-corrected chi connectivity index (χ3v) is 3.92. The van der Waals surface area contributed by atoms with Crippen LogP contribution < -0.4 is 11.1 Å². The Morgan fingerprint density at radius 1 is 1.13 bits per heavy atom. The van der Waals surface area contributed by atoms with Crippen LogP contribution >= 0.6 is 0 Å². The number of nitrogens with one attached hydrogen (secondary N) is 1. The lowest BCUT2D eigenvalue weighted by Crippen LogP contribution is -2.34. The van der Waals surface area contributed by atoms with Gasteiger partial charge in [0.1, 0.15) is 0 Å². The van der Waals surface area contributed by atoms with Gasteiger partial charge in [0.05, 0.1) is 0 Å². The number of nitrogens with zero attached hydrogens (tertiary/aromatic N) is 1. The fourth-order valence-corrected chi connectivity index (χ4v) is 1.98. The first kappa shape index (κ1) is 19.2. The van der Waals surface area contributed by atoms with Crippen LogP contribution in [0.5, 0.6) is 0 Å². The molecule has 1 atom stereocenters. The second-order valence-corrected chi connectivity index (χ2v) is 6.64. The molecular formula is C18H29N3O2. The van der Waals surface area contributed by atoms with E-state index in [1.807, 2.05) is 13.8 Å². The van der Waals surface area contributed by atoms with Gasteiger partial charge in [-0.1, -0.05) is 27.7 Å². The van der Waals surface area contributed by atoms with Gasteiger partial charge in [-0.25, -0.2) is 0 Å². The van der Waals surface area contributed by atoms with E-state index in [1.54, 1.807) is 36.2 Å². The molecule has 0 aliphatic carbocycles. The van der Waals surface area contributed by atoms with Crippen LogP contribution in [-0.2, 0) is 4.79 Å². The number of carbonyl (C=O) groups excluding carboxylic acids is 2. The van der Waals surface area contributed by atoms with Crippen molar-refractivity contribution in [2.45, 2.75) is 40.2 Å². The maximum Gasteiger partial charge on any atom is 0.253 e. The molecule has 3 N–H and O–H groups in total. The van der Waals surface area contributed by atoms with Crippen LogP contribution in [-0.4, -0.2) is 36.3 Å². The lowest BCUT2D eigenvalue weighted by atomic mass is 10.0. The Morgan fingerprint density at radius 3 is 2.17 bits per heavy atom. The number of carbonyl (C=O) groups is 2. The number of hydrogen-bond acceptors (Lipinski definition) is 3. The molecule has 0 aliphatic heterocycles. The van der Waals surface area contributed by atoms with Gasteiger partial charge in [0.25, 0.3) is 5.91 Å². The predicted molar refractivity (Wildman–Crippen MR) is 94.3 cm³/mol. The molecule has 23 heavy (non-hydrogen) atoms. The predicted octanol–water partition coefficient (Wildman–Crippen LogP) is 2.73. The Kier molecular flexibility index (Phi) is 7.23. The first-order valence-corrected chi connectivity index (χ1v) is 8.14. The fourth-order valence-electron chi connectivity index (χ4n) is 1.98. The van der Waals surface area contributed by atoms with Crippen molar-refractivity contribution in [2.24, 2.45) is 17.6 Å². The summed E-state index contributed by atoms with van der Waals surface area (Å²) < 4.78 is 0. The Balaban J connectivity index is 2.61. The number of benzene rings is 1. The van der Waals surface area contributed by atoms with E-state index < -0.39 is 0 Å². The Hall–Kier alpha value is -1.88. The first-order chi connectivity index (χ1) is 10.7. The molecule has 0 aliphatic rings. The summed E-state index contributed by atoms with van der Waals surface area (Å²) in [7, 11) is 1.78. The van der Waals surface area contributed by atoms with Crippen LogP contribution in [0.3, 0.4) is 0 Å². The van der Waals surface area contributed by atoms with Gasteiger partial charge in [0.15, 0.2) is 0 Å². The van der Waals surface area contributed by atoms with Gasteiger partial charge in [-0.15, -0.1) is 0 Å². The molecular weight excluding hydrogens is 290 g/mol. The molecule has 0 fully saturated rings. The molecule has 0 saturated heterocycles. The van der Waals surface area contributed by atoms with Crippen molar-refractivity contribution >= 4 is 17.5 Å². The molecule has 1 rings (SSSR count). The molecule has 1 unspecified atom stereocenters. The van der Waals surface area contributed by atoms with Crippen LogP contribution in [0.15, 0.2) is 24.3 Å². The monoisotopic (exact) mass is 319 g/mol. The zero-order valence-electron chi connectivity index (χ0n) is 14.8. The molecule has 2 amide bonds. The van der Waals surface area contributed by atoms with E-state index in [0.29, 0.717) is 23.7 Å². The van der Waals surface area contributed by atoms with E-state index in [-0.39, 0.29) is 23.8 Å². The average Bonchev–Trinajstić information content (AvgIpc) is 2.51. The summed E-state index contributed by atoms with van der Waals surface area (Å²) >= 11 is 0. The van der Waals surface area contributed by atoms with E-state index in [1.165, 1.54) is 0 Å². The molecule has 1 aromatic carbocycles. The summed E-state index contributed by atoms with van der Waals surface area (Å²) in [4.78, 5) is 25.7. The quantitative estimate of drug-likeness (QED) is 0.811. The van der Waals surface area contributed by atoms with Gasteiger partial charge in [-0.05, 0) is 36.6 Å². The van der Waals surface area contributed by atoms with Crippen LogP contribution in [0.1, 0.15) is 44.5 Å². The summed E-state index contributed by atoms with van der Waals surface area (Å²) in [5, 5.41) is 2.81. The normalized spacial score (nSPS) is 12.3. The minimum atomic E-state index is -0.0763. The summed E-state index contributed by atoms with van der Waals surface area (Å²) in [6.45, 7) is 8.46. The highest BCUT2D eigenvalue weighted by molar-refractivity contribution is 5.96. The van der Waals surface area contributed by atoms with Gasteiger partial charge >= 0.3 is 0 Å². The second kappa shape index (κ2) is 8.67. The fraction of sp³-hybridized carbons (Fsp3) is 0.556. The highest BCUT2D eigenvalue weighted by atomic mass is 16.2. The largest absolute Gasteiger partial charge is 0.342 e. The minimum Gasteiger partial charge on any atom is -0.342 e. The van der Waals surface area contributed by atoms with E-state index in [9.17, 15) is 9.59 Å². The number of hydrogen-bond donors (Lipinski definition) is 2. The molecule has 0 radical (unpaired) electrons. The second-order valence-electron chi connectivity index (χ2n) is 6.64. The number of amides is 2. The SMILES string of the molecule is CC(C)C(=O)Nc1ccc(C(=O)N(C)CCC(N)C(C)C)cc1. The maximum absolute atomic E-state index is 12.4. The lowest BCUT2D eigenvalue weighted by molar-refractivity contribution is -0.118. The van der Waals surface area contributed by atoms with Crippen LogP contribution in [0.2, 0.25) is 0 Å². The van der Waals surface area contributed by atoms with Gasteiger partial charge in [0.2, 0.25) is 5.91 Å². The van der Waals surface area contributed by atoms with Crippen molar-refractivity contribution in [2.75, 3.05) is 18.9 Å². The van der Waals surface area contributed by atoms with Gasteiger partial charge in [-0.3, -0.25) is 9.59 Å². The standard InChI is InChI=1S/C18H29N3O2/c1-12(2)16(19)10-11-21(5)18(23)14-6-8-15(9-7-14)20-17(22)13(3)4/h6-9,12-13,16H,10-11,19H2,1-5H3,(H,20,22). The number of rotatable bonds is 7. The van der Waals surface area contributed by atoms with E-state index in [4.69, 9.17) is 5.73 Å². The summed E-state index contributed by atoms with van der Waals surface area (Å²) in [6, 6.07) is 7.07. The van der Waals surface area contributed by atoms with Gasteiger partial charge < -0.3 is 16.0 Å². The highest BCUT2D eigenvalue weighted by Crippen LogP contribution is 2.13. The number of anilines is 1. The number of nitrogens with two attached hydrogens (primary N) is 1. The first-order valence-electron chi connectivity index (χ1n) is 8.14. The topological polar surface area (TPSA) is 75.4 Å². The zero-order valence-corrected chi connectivity index (χ0v) is 14.8. The molecule has 0 spiro atoms. The third-order valence-electron chi connectivity index (χ3n) is 3.92. The van der Waals surface area contributed by atoms with Crippen molar-refractivity contribution in [3.05, 3.63) is 29.8 Å². The maximum atomic E-state index is 12.4. The molecule has 0 bridgehead atoms. The van der Waals surface area contributed by atoms with Crippen molar-refractivity contribution in [3.63, 3.8) is 0 Å². The summed E-state index contributed by atoms with van der Waals surface area (Å²) in [6.07, 6.45) is 0.780. The molecule has 5 heteroatoms. The van der Waals surface area contributed by atoms with E-state index in [0.717, 1.165) is 6.42 Å². The van der Waals surface area contributed by atoms with Gasteiger partial charge in [0, 0.05) is 36.8 Å². The summed E-state index contributed by atoms with van der Waals surface area (Å²) in [5.74, 6) is 0.251. The smallest absolute Gasteiger partial charge is 0.253 e. The zero-order chi connectivity index (χ0) is 17.6. The highest BCUT2D eigenvalue weighted by Gasteiger charge is 2.15. The van der Waals surface area contributed by atoms with Crippen LogP contribution in [0, 0.1) is 11.8 Å². The minimum absolute atomic E-state index is 0.0381. The summed E-state index contributed by atoms with van der Waals surface area (Å²) in [5.41, 5.74) is 7.32. The van der Waals surface area contributed by atoms with E-state index >= 15 is 0 Å². The Bertz CT molecular complexity index is 524. The molecule has 5 nitrogen and oxygen atoms in total. The average molecular weight is 319 g/mol. The molecule has 128 valence electrons. The molecule has 0 heterocycles.